The summed E-state index contributed by atoms with van der Waals surface area (Å²) >= 11 is 0. The number of rotatable bonds is 1. The van der Waals surface area contributed by atoms with Crippen molar-refractivity contribution in [2.24, 2.45) is 5.41 Å². The van der Waals surface area contributed by atoms with Crippen molar-refractivity contribution >= 4 is 0 Å². The highest BCUT2D eigenvalue weighted by Crippen LogP contribution is 2.32. The highest BCUT2D eigenvalue weighted by molar-refractivity contribution is 5.13. The summed E-state index contributed by atoms with van der Waals surface area (Å²) in [6.45, 7) is 10.7. The first-order valence-electron chi connectivity index (χ1n) is 4.26. The molecule has 1 radical (unpaired) electrons. The highest BCUT2D eigenvalue weighted by atomic mass is 14.7. The fourth-order valence-corrected chi connectivity index (χ4v) is 1.03. The first-order valence-corrected chi connectivity index (χ1v) is 4.26. The maximum Gasteiger partial charge on any atom is 0.0439 e. The van der Waals surface area contributed by atoms with Gasteiger partial charge < -0.3 is 0 Å². The van der Waals surface area contributed by atoms with E-state index in [4.69, 9.17) is 0 Å². The molecule has 0 aliphatic heterocycles. The van der Waals surface area contributed by atoms with Gasteiger partial charge in [-0.25, -0.2) is 0 Å². The lowest BCUT2D eigenvalue weighted by molar-refractivity contribution is 0.359. The van der Waals surface area contributed by atoms with Gasteiger partial charge in [0.25, 0.3) is 0 Å². The van der Waals surface area contributed by atoms with E-state index in [1.807, 2.05) is 24.4 Å². The van der Waals surface area contributed by atoms with E-state index in [2.05, 4.69) is 32.7 Å². The second kappa shape index (κ2) is 3.26. The van der Waals surface area contributed by atoms with E-state index in [-0.39, 0.29) is 11.3 Å². The van der Waals surface area contributed by atoms with Gasteiger partial charge in [-0.15, -0.1) is 0 Å². The van der Waals surface area contributed by atoms with Crippen molar-refractivity contribution in [3.05, 3.63) is 37.0 Å². The molecule has 1 nitrogen and oxygen atoms in total. The van der Waals surface area contributed by atoms with E-state index in [0.29, 0.717) is 0 Å². The Bertz CT molecular complexity index is 233. The first-order chi connectivity index (χ1) is 5.52. The molecular weight excluding hydrogens is 146 g/mol. The van der Waals surface area contributed by atoms with Crippen LogP contribution in [0.5, 0.6) is 0 Å². The minimum Gasteiger partial charge on any atom is -0.261 e. The Morgan fingerprint density at radius 2 is 2.00 bits per heavy atom. The van der Waals surface area contributed by atoms with Crippen LogP contribution in [0, 0.1) is 12.3 Å². The first kappa shape index (κ1) is 9.24. The van der Waals surface area contributed by atoms with Crippen molar-refractivity contribution in [3.8, 4) is 0 Å². The van der Waals surface area contributed by atoms with E-state index in [1.165, 1.54) is 0 Å². The molecule has 1 rings (SSSR count). The van der Waals surface area contributed by atoms with Gasteiger partial charge in [0.1, 0.15) is 0 Å². The summed E-state index contributed by atoms with van der Waals surface area (Å²) in [7, 11) is 0. The molecular formula is C11H16N. The molecule has 1 heterocycles. The molecule has 0 amide bonds. The molecule has 0 saturated carbocycles. The van der Waals surface area contributed by atoms with Crippen molar-refractivity contribution in [1.82, 2.24) is 4.98 Å². The summed E-state index contributed by atoms with van der Waals surface area (Å²) in [6, 6.07) is 5.97. The van der Waals surface area contributed by atoms with Crippen LogP contribution in [0.1, 0.15) is 32.4 Å². The van der Waals surface area contributed by atoms with Gasteiger partial charge in [0.2, 0.25) is 0 Å². The molecule has 0 N–H and O–H groups in total. The van der Waals surface area contributed by atoms with Crippen LogP contribution < -0.4 is 0 Å². The zero-order chi connectivity index (χ0) is 9.19. The number of aromatic nitrogens is 1. The summed E-state index contributed by atoms with van der Waals surface area (Å²) in [5.74, 6) is 0.263. The molecule has 0 saturated heterocycles. The van der Waals surface area contributed by atoms with E-state index in [0.717, 1.165) is 5.69 Å². The molecule has 0 bridgehead atoms. The van der Waals surface area contributed by atoms with Crippen molar-refractivity contribution in [2.45, 2.75) is 26.7 Å². The Balaban J connectivity index is 2.86. The molecule has 1 heteroatoms. The minimum absolute atomic E-state index is 0.189. The maximum absolute atomic E-state index is 4.28. The van der Waals surface area contributed by atoms with Gasteiger partial charge in [0.15, 0.2) is 0 Å². The van der Waals surface area contributed by atoms with Crippen LogP contribution >= 0.6 is 0 Å². The summed E-state index contributed by atoms with van der Waals surface area (Å²) in [5, 5.41) is 0. The number of nitrogens with zero attached hydrogens (tertiary/aromatic N) is 1. The van der Waals surface area contributed by atoms with Crippen molar-refractivity contribution < 1.29 is 0 Å². The lowest BCUT2D eigenvalue weighted by Crippen LogP contribution is -2.16. The van der Waals surface area contributed by atoms with Gasteiger partial charge in [-0.05, 0) is 24.5 Å². The molecule has 0 aliphatic rings. The monoisotopic (exact) mass is 162 g/mol. The quantitative estimate of drug-likeness (QED) is 0.618. The van der Waals surface area contributed by atoms with Crippen LogP contribution in [-0.2, 0) is 0 Å². The highest BCUT2D eigenvalue weighted by Gasteiger charge is 2.22. The Morgan fingerprint density at radius 1 is 1.33 bits per heavy atom. The predicted molar refractivity (Wildman–Crippen MR) is 51.8 cm³/mol. The van der Waals surface area contributed by atoms with Gasteiger partial charge in [-0.3, -0.25) is 4.98 Å². The minimum atomic E-state index is 0.189. The molecule has 0 aromatic carbocycles. The van der Waals surface area contributed by atoms with Crippen LogP contribution in [0.4, 0.5) is 0 Å². The van der Waals surface area contributed by atoms with Crippen molar-refractivity contribution in [1.29, 1.82) is 0 Å². The van der Waals surface area contributed by atoms with Crippen LogP contribution in [0.3, 0.4) is 0 Å². The maximum atomic E-state index is 4.28. The van der Waals surface area contributed by atoms with Crippen molar-refractivity contribution in [3.63, 3.8) is 0 Å². The van der Waals surface area contributed by atoms with Gasteiger partial charge >= 0.3 is 0 Å². The molecule has 0 fully saturated rings. The Morgan fingerprint density at radius 3 is 2.42 bits per heavy atom. The van der Waals surface area contributed by atoms with Gasteiger partial charge in [-0.2, -0.15) is 0 Å². The number of hydrogen-bond acceptors (Lipinski definition) is 1. The average molecular weight is 162 g/mol. The molecule has 0 spiro atoms. The Hall–Kier alpha value is -0.850. The van der Waals surface area contributed by atoms with E-state index in [1.54, 1.807) is 0 Å². The largest absolute Gasteiger partial charge is 0.261 e. The summed E-state index contributed by atoms with van der Waals surface area (Å²) in [5.41, 5.74) is 1.26. The van der Waals surface area contributed by atoms with E-state index in [9.17, 15) is 0 Å². The number of pyridine rings is 1. The summed E-state index contributed by atoms with van der Waals surface area (Å²) < 4.78 is 0. The summed E-state index contributed by atoms with van der Waals surface area (Å²) in [4.78, 5) is 4.28. The molecule has 1 aromatic heterocycles. The fraction of sp³-hybridized carbons (Fsp3) is 0.455. The standard InChI is InChI=1S/C11H16N/c1-9(11(2,3)4)10-7-5-6-8-12-10/h5-9H,1H2,2-4H3. The zero-order valence-corrected chi connectivity index (χ0v) is 8.04. The molecule has 1 unspecified atom stereocenters. The van der Waals surface area contributed by atoms with Gasteiger partial charge in [0, 0.05) is 17.8 Å². The van der Waals surface area contributed by atoms with E-state index < -0.39 is 0 Å². The zero-order valence-electron chi connectivity index (χ0n) is 8.04. The normalized spacial score (nSPS) is 14.3. The lowest BCUT2D eigenvalue weighted by Gasteiger charge is -2.26. The molecule has 0 aliphatic carbocycles. The van der Waals surface area contributed by atoms with E-state index >= 15 is 0 Å². The molecule has 65 valence electrons. The fourth-order valence-electron chi connectivity index (χ4n) is 1.03. The second-order valence-corrected chi connectivity index (χ2v) is 4.17. The smallest absolute Gasteiger partial charge is 0.0439 e. The van der Waals surface area contributed by atoms with Gasteiger partial charge in [-0.1, -0.05) is 26.8 Å². The third-order valence-corrected chi connectivity index (χ3v) is 2.09. The SMILES string of the molecule is [CH2]C(c1ccccn1)C(C)(C)C. The topological polar surface area (TPSA) is 12.9 Å². The second-order valence-electron chi connectivity index (χ2n) is 4.17. The van der Waals surface area contributed by atoms with Crippen molar-refractivity contribution in [2.75, 3.05) is 0 Å². The Kier molecular flexibility index (Phi) is 2.51. The summed E-state index contributed by atoms with van der Waals surface area (Å²) in [6.07, 6.45) is 1.82. The van der Waals surface area contributed by atoms with Crippen LogP contribution in [-0.4, -0.2) is 4.98 Å². The Labute approximate surface area is 74.8 Å². The van der Waals surface area contributed by atoms with Gasteiger partial charge in [0.05, 0.1) is 0 Å². The third kappa shape index (κ3) is 2.07. The molecule has 1 aromatic rings. The number of hydrogen-bond donors (Lipinski definition) is 0. The predicted octanol–water partition coefficient (Wildman–Crippen LogP) is 3.05. The molecule has 1 atom stereocenters. The lowest BCUT2D eigenvalue weighted by atomic mass is 9.80. The van der Waals surface area contributed by atoms with Crippen LogP contribution in [0.25, 0.3) is 0 Å². The molecule has 12 heavy (non-hydrogen) atoms. The van der Waals surface area contributed by atoms with Crippen LogP contribution in [0.15, 0.2) is 24.4 Å². The van der Waals surface area contributed by atoms with Crippen LogP contribution in [0.2, 0.25) is 0 Å². The third-order valence-electron chi connectivity index (χ3n) is 2.09. The average Bonchev–Trinajstić information content (AvgIpc) is 2.03.